The van der Waals surface area contributed by atoms with E-state index in [9.17, 15) is 14.0 Å². The molecule has 0 fully saturated rings. The number of carbonyl (C=O) groups is 2. The molecule has 9 heteroatoms. The van der Waals surface area contributed by atoms with Crippen molar-refractivity contribution in [3.05, 3.63) is 103 Å². The second-order valence-corrected chi connectivity index (χ2v) is 7.79. The number of hydrogen-bond acceptors (Lipinski definition) is 5. The summed E-state index contributed by atoms with van der Waals surface area (Å²) in [7, 11) is 0. The van der Waals surface area contributed by atoms with Crippen LogP contribution in [0, 0.1) is 5.82 Å². The smallest absolute Gasteiger partial charge is 0.249 e. The van der Waals surface area contributed by atoms with E-state index in [4.69, 9.17) is 4.74 Å². The highest BCUT2D eigenvalue weighted by Crippen LogP contribution is 2.21. The molecule has 0 bridgehead atoms. The predicted molar refractivity (Wildman–Crippen MR) is 129 cm³/mol. The van der Waals surface area contributed by atoms with Crippen molar-refractivity contribution in [2.24, 2.45) is 0 Å². The molecule has 2 N–H and O–H groups in total. The van der Waals surface area contributed by atoms with Crippen LogP contribution in [0.15, 0.2) is 91.5 Å². The SMILES string of the molecule is O=C(Cn1cncn1)NC(COCc1ccccc1)C(=O)Nc1ccc(-c2ccc(F)cc2)cc1. The van der Waals surface area contributed by atoms with Gasteiger partial charge in [-0.15, -0.1) is 0 Å². The van der Waals surface area contributed by atoms with E-state index >= 15 is 0 Å². The highest BCUT2D eigenvalue weighted by atomic mass is 19.1. The van der Waals surface area contributed by atoms with E-state index in [-0.39, 0.29) is 19.0 Å². The van der Waals surface area contributed by atoms with Crippen molar-refractivity contribution in [1.29, 1.82) is 0 Å². The number of nitrogens with zero attached hydrogens (tertiary/aromatic N) is 3. The first-order chi connectivity index (χ1) is 17.1. The molecule has 0 spiro atoms. The number of anilines is 1. The molecule has 4 aromatic rings. The third-order valence-electron chi connectivity index (χ3n) is 5.15. The van der Waals surface area contributed by atoms with Gasteiger partial charge in [0, 0.05) is 5.69 Å². The molecule has 0 radical (unpaired) electrons. The molecule has 1 atom stereocenters. The number of hydrogen-bond donors (Lipinski definition) is 2. The lowest BCUT2D eigenvalue weighted by atomic mass is 10.1. The molecule has 178 valence electrons. The van der Waals surface area contributed by atoms with Crippen molar-refractivity contribution in [2.75, 3.05) is 11.9 Å². The number of carbonyl (C=O) groups excluding carboxylic acids is 2. The summed E-state index contributed by atoms with van der Waals surface area (Å²) in [5.41, 5.74) is 3.25. The molecule has 1 unspecified atom stereocenters. The predicted octanol–water partition coefficient (Wildman–Crippen LogP) is 3.42. The van der Waals surface area contributed by atoms with E-state index in [1.165, 1.54) is 29.5 Å². The van der Waals surface area contributed by atoms with Crippen LogP contribution in [0.2, 0.25) is 0 Å². The molecule has 0 aliphatic rings. The van der Waals surface area contributed by atoms with Crippen molar-refractivity contribution in [3.8, 4) is 11.1 Å². The molecule has 0 aliphatic heterocycles. The van der Waals surface area contributed by atoms with Gasteiger partial charge in [-0.2, -0.15) is 5.10 Å². The van der Waals surface area contributed by atoms with Crippen LogP contribution in [-0.2, 0) is 27.5 Å². The topological polar surface area (TPSA) is 98.1 Å². The van der Waals surface area contributed by atoms with Crippen LogP contribution in [0.4, 0.5) is 10.1 Å². The van der Waals surface area contributed by atoms with Gasteiger partial charge in [0.1, 0.15) is 31.1 Å². The summed E-state index contributed by atoms with van der Waals surface area (Å²) in [5.74, 6) is -1.12. The zero-order valence-corrected chi connectivity index (χ0v) is 18.8. The lowest BCUT2D eigenvalue weighted by Crippen LogP contribution is -2.47. The van der Waals surface area contributed by atoms with Gasteiger partial charge in [-0.25, -0.2) is 14.1 Å². The number of halogens is 1. The minimum atomic E-state index is -0.925. The van der Waals surface area contributed by atoms with E-state index < -0.39 is 17.9 Å². The summed E-state index contributed by atoms with van der Waals surface area (Å²) in [6.07, 6.45) is 2.75. The van der Waals surface area contributed by atoms with Gasteiger partial charge in [0.2, 0.25) is 11.8 Å². The number of nitrogens with one attached hydrogen (secondary N) is 2. The van der Waals surface area contributed by atoms with Gasteiger partial charge in [-0.3, -0.25) is 9.59 Å². The number of aromatic nitrogens is 3. The molecule has 0 aliphatic carbocycles. The maximum absolute atomic E-state index is 13.2. The summed E-state index contributed by atoms with van der Waals surface area (Å²) in [6, 6.07) is 21.9. The van der Waals surface area contributed by atoms with Crippen LogP contribution in [0.1, 0.15) is 5.56 Å². The number of amides is 2. The largest absolute Gasteiger partial charge is 0.374 e. The maximum Gasteiger partial charge on any atom is 0.249 e. The Morgan fingerprint density at radius 1 is 0.943 bits per heavy atom. The summed E-state index contributed by atoms with van der Waals surface area (Å²) >= 11 is 0. The van der Waals surface area contributed by atoms with Crippen molar-refractivity contribution in [1.82, 2.24) is 20.1 Å². The molecule has 8 nitrogen and oxygen atoms in total. The van der Waals surface area contributed by atoms with E-state index in [1.807, 2.05) is 42.5 Å². The summed E-state index contributed by atoms with van der Waals surface area (Å²) in [6.45, 7) is 0.211. The van der Waals surface area contributed by atoms with E-state index in [1.54, 1.807) is 24.3 Å². The monoisotopic (exact) mass is 473 g/mol. The zero-order valence-electron chi connectivity index (χ0n) is 18.8. The molecule has 0 saturated carbocycles. The fourth-order valence-electron chi connectivity index (χ4n) is 3.37. The Bertz CT molecular complexity index is 1230. The molecule has 1 aromatic heterocycles. The lowest BCUT2D eigenvalue weighted by molar-refractivity contribution is -0.128. The Kier molecular flexibility index (Phi) is 7.92. The van der Waals surface area contributed by atoms with Crippen molar-refractivity contribution < 1.29 is 18.7 Å². The van der Waals surface area contributed by atoms with E-state index in [0.717, 1.165) is 16.7 Å². The second kappa shape index (κ2) is 11.7. The van der Waals surface area contributed by atoms with Gasteiger partial charge in [0.05, 0.1) is 13.2 Å². The van der Waals surface area contributed by atoms with E-state index in [0.29, 0.717) is 12.3 Å². The van der Waals surface area contributed by atoms with Gasteiger partial charge in [-0.05, 0) is 41.0 Å². The van der Waals surface area contributed by atoms with Gasteiger partial charge in [0.15, 0.2) is 0 Å². The summed E-state index contributed by atoms with van der Waals surface area (Å²) in [5, 5.41) is 9.43. The first-order valence-corrected chi connectivity index (χ1v) is 11.0. The Balaban J connectivity index is 1.39. The van der Waals surface area contributed by atoms with Crippen LogP contribution >= 0.6 is 0 Å². The Morgan fingerprint density at radius 2 is 1.63 bits per heavy atom. The van der Waals surface area contributed by atoms with Gasteiger partial charge < -0.3 is 15.4 Å². The lowest BCUT2D eigenvalue weighted by Gasteiger charge is -2.19. The number of benzene rings is 3. The van der Waals surface area contributed by atoms with Gasteiger partial charge >= 0.3 is 0 Å². The molecular formula is C26H24FN5O3. The maximum atomic E-state index is 13.2. The van der Waals surface area contributed by atoms with Gasteiger partial charge in [-0.1, -0.05) is 54.6 Å². The average Bonchev–Trinajstić information content (AvgIpc) is 3.38. The highest BCUT2D eigenvalue weighted by molar-refractivity contribution is 5.97. The van der Waals surface area contributed by atoms with Crippen LogP contribution < -0.4 is 10.6 Å². The number of ether oxygens (including phenoxy) is 1. The van der Waals surface area contributed by atoms with Crippen LogP contribution in [0.3, 0.4) is 0 Å². The van der Waals surface area contributed by atoms with Crippen LogP contribution in [0.25, 0.3) is 11.1 Å². The summed E-state index contributed by atoms with van der Waals surface area (Å²) < 4.78 is 20.3. The normalized spacial score (nSPS) is 11.6. The molecular weight excluding hydrogens is 449 g/mol. The minimum absolute atomic E-state index is 0.0164. The fourth-order valence-corrected chi connectivity index (χ4v) is 3.37. The second-order valence-electron chi connectivity index (χ2n) is 7.79. The minimum Gasteiger partial charge on any atom is -0.374 e. The third-order valence-corrected chi connectivity index (χ3v) is 5.15. The highest BCUT2D eigenvalue weighted by Gasteiger charge is 2.22. The van der Waals surface area contributed by atoms with E-state index in [2.05, 4.69) is 20.7 Å². The quantitative estimate of drug-likeness (QED) is 0.368. The average molecular weight is 474 g/mol. The van der Waals surface area contributed by atoms with Crippen molar-refractivity contribution >= 4 is 17.5 Å². The van der Waals surface area contributed by atoms with Crippen molar-refractivity contribution in [3.63, 3.8) is 0 Å². The standard InChI is InChI=1S/C26H24FN5O3/c27-22-10-6-20(7-11-22)21-8-12-23(13-9-21)30-26(34)24(16-35-15-19-4-2-1-3-5-19)31-25(33)14-32-18-28-17-29-32/h1-13,17-18,24H,14-16H2,(H,30,34)(H,31,33). The molecule has 1 heterocycles. The summed E-state index contributed by atoms with van der Waals surface area (Å²) in [4.78, 5) is 29.3. The molecule has 35 heavy (non-hydrogen) atoms. The van der Waals surface area contributed by atoms with Crippen LogP contribution in [0.5, 0.6) is 0 Å². The molecule has 0 saturated heterocycles. The zero-order chi connectivity index (χ0) is 24.5. The van der Waals surface area contributed by atoms with Gasteiger partial charge in [0.25, 0.3) is 0 Å². The molecule has 4 rings (SSSR count). The third kappa shape index (κ3) is 7.05. The molecule has 3 aromatic carbocycles. The van der Waals surface area contributed by atoms with Crippen molar-refractivity contribution in [2.45, 2.75) is 19.2 Å². The Hall–Kier alpha value is -4.37. The number of rotatable bonds is 10. The Morgan fingerprint density at radius 3 is 2.29 bits per heavy atom. The molecule has 2 amide bonds. The fraction of sp³-hybridized carbons (Fsp3) is 0.154. The first-order valence-electron chi connectivity index (χ1n) is 11.0. The Labute approximate surface area is 201 Å². The first kappa shape index (κ1) is 23.8. The van der Waals surface area contributed by atoms with Crippen LogP contribution in [-0.4, -0.2) is 39.2 Å².